The highest BCUT2D eigenvalue weighted by atomic mass is 32.2. The number of rotatable bonds is 2. The highest BCUT2D eigenvalue weighted by Crippen LogP contribution is 2.23. The molecule has 0 unspecified atom stereocenters. The molecule has 16 heavy (non-hydrogen) atoms. The molecule has 2 N–H and O–H groups in total. The van der Waals surface area contributed by atoms with Gasteiger partial charge in [0.15, 0.2) is 0 Å². The highest BCUT2D eigenvalue weighted by molar-refractivity contribution is 7.86. The van der Waals surface area contributed by atoms with E-state index in [0.717, 1.165) is 6.07 Å². The standard InChI is InChI=1S/C8H10O6S2/c1-5-3-7(15(9,10)11)4-8(6(5)2)16(12,13)14/h3-4H,1-2H3,(H,9,10,11)(H,12,13,14). The fraction of sp³-hybridized carbons (Fsp3) is 0.250. The Morgan fingerprint density at radius 1 is 0.938 bits per heavy atom. The third-order valence-electron chi connectivity index (χ3n) is 2.17. The van der Waals surface area contributed by atoms with Gasteiger partial charge >= 0.3 is 0 Å². The Morgan fingerprint density at radius 2 is 1.44 bits per heavy atom. The van der Waals surface area contributed by atoms with E-state index >= 15 is 0 Å². The zero-order valence-corrected chi connectivity index (χ0v) is 10.1. The van der Waals surface area contributed by atoms with Gasteiger partial charge in [0.05, 0.1) is 9.79 Å². The van der Waals surface area contributed by atoms with Crippen LogP contribution in [0.2, 0.25) is 0 Å². The predicted molar refractivity (Wildman–Crippen MR) is 55.5 cm³/mol. The Labute approximate surface area is 93.4 Å². The molecule has 0 saturated heterocycles. The Hall–Kier alpha value is -0.960. The quantitative estimate of drug-likeness (QED) is 0.766. The molecule has 0 heterocycles. The number of aryl methyl sites for hydroxylation is 1. The second-order valence-electron chi connectivity index (χ2n) is 3.31. The second kappa shape index (κ2) is 3.81. The van der Waals surface area contributed by atoms with E-state index in [9.17, 15) is 16.8 Å². The summed E-state index contributed by atoms with van der Waals surface area (Å²) >= 11 is 0. The first-order chi connectivity index (χ1) is 7.03. The van der Waals surface area contributed by atoms with E-state index in [0.29, 0.717) is 11.6 Å². The summed E-state index contributed by atoms with van der Waals surface area (Å²) in [7, 11) is -9.01. The van der Waals surface area contributed by atoms with Crippen molar-refractivity contribution in [2.75, 3.05) is 0 Å². The van der Waals surface area contributed by atoms with Crippen LogP contribution in [0.25, 0.3) is 0 Å². The molecule has 0 aliphatic heterocycles. The van der Waals surface area contributed by atoms with Crippen LogP contribution in [-0.4, -0.2) is 25.9 Å². The average Bonchev–Trinajstić information content (AvgIpc) is 2.05. The highest BCUT2D eigenvalue weighted by Gasteiger charge is 2.20. The lowest BCUT2D eigenvalue weighted by atomic mass is 10.1. The lowest BCUT2D eigenvalue weighted by molar-refractivity contribution is 0.480. The largest absolute Gasteiger partial charge is 0.294 e. The fourth-order valence-electron chi connectivity index (χ4n) is 1.21. The molecule has 1 rings (SSSR count). The van der Waals surface area contributed by atoms with Gasteiger partial charge in [-0.15, -0.1) is 0 Å². The first kappa shape index (κ1) is 13.1. The summed E-state index contributed by atoms with van der Waals surface area (Å²) < 4.78 is 61.3. The molecule has 0 aromatic heterocycles. The van der Waals surface area contributed by atoms with Crippen molar-refractivity contribution in [1.82, 2.24) is 0 Å². The molecule has 0 fully saturated rings. The summed E-state index contributed by atoms with van der Waals surface area (Å²) in [5.74, 6) is 0. The third kappa shape index (κ3) is 2.59. The Bertz CT molecular complexity index is 627. The van der Waals surface area contributed by atoms with E-state index in [1.807, 2.05) is 0 Å². The minimum absolute atomic E-state index is 0.231. The summed E-state index contributed by atoms with van der Waals surface area (Å²) in [6, 6.07) is 1.84. The molecular weight excluding hydrogens is 256 g/mol. The number of benzene rings is 1. The third-order valence-corrected chi connectivity index (χ3v) is 3.98. The molecule has 0 radical (unpaired) electrons. The van der Waals surface area contributed by atoms with Crippen molar-refractivity contribution in [2.45, 2.75) is 23.6 Å². The van der Waals surface area contributed by atoms with Crippen LogP contribution in [0.3, 0.4) is 0 Å². The van der Waals surface area contributed by atoms with Gasteiger partial charge in [0.25, 0.3) is 20.2 Å². The number of hydrogen-bond acceptors (Lipinski definition) is 4. The van der Waals surface area contributed by atoms with Crippen LogP contribution in [0.4, 0.5) is 0 Å². The molecular formula is C8H10O6S2. The van der Waals surface area contributed by atoms with Crippen molar-refractivity contribution < 1.29 is 25.9 Å². The maximum absolute atomic E-state index is 11.0. The van der Waals surface area contributed by atoms with Gasteiger partial charge in [-0.3, -0.25) is 9.11 Å². The maximum atomic E-state index is 11.0. The van der Waals surface area contributed by atoms with Crippen molar-refractivity contribution in [3.63, 3.8) is 0 Å². The molecule has 0 aliphatic rings. The molecule has 0 aliphatic carbocycles. The van der Waals surface area contributed by atoms with E-state index in [1.54, 1.807) is 0 Å². The molecule has 0 atom stereocenters. The normalized spacial score (nSPS) is 12.8. The van der Waals surface area contributed by atoms with Gasteiger partial charge in [0, 0.05) is 0 Å². The Morgan fingerprint density at radius 3 is 1.81 bits per heavy atom. The molecule has 0 saturated carbocycles. The van der Waals surface area contributed by atoms with Crippen LogP contribution in [-0.2, 0) is 20.2 Å². The molecule has 0 bridgehead atoms. The summed E-state index contributed by atoms with van der Waals surface area (Å²) in [5, 5.41) is 0. The molecule has 1 aromatic carbocycles. The average molecular weight is 266 g/mol. The summed E-state index contributed by atoms with van der Waals surface area (Å²) in [6.07, 6.45) is 0. The molecule has 1 aromatic rings. The maximum Gasteiger partial charge on any atom is 0.294 e. The van der Waals surface area contributed by atoms with E-state index in [4.69, 9.17) is 9.11 Å². The zero-order valence-electron chi connectivity index (χ0n) is 8.50. The van der Waals surface area contributed by atoms with Gasteiger partial charge in [0.1, 0.15) is 0 Å². The van der Waals surface area contributed by atoms with Gasteiger partial charge in [-0.05, 0) is 37.1 Å². The van der Waals surface area contributed by atoms with E-state index < -0.39 is 30.0 Å². The molecule has 8 heteroatoms. The minimum atomic E-state index is -4.51. The second-order valence-corrected chi connectivity index (χ2v) is 6.12. The van der Waals surface area contributed by atoms with Crippen molar-refractivity contribution in [3.8, 4) is 0 Å². The fourth-order valence-corrected chi connectivity index (χ4v) is 2.70. The predicted octanol–water partition coefficient (Wildman–Crippen LogP) is 0.797. The van der Waals surface area contributed by atoms with Crippen LogP contribution in [0.15, 0.2) is 21.9 Å². The van der Waals surface area contributed by atoms with Crippen LogP contribution >= 0.6 is 0 Å². The first-order valence-corrected chi connectivity index (χ1v) is 6.97. The summed E-state index contributed by atoms with van der Waals surface area (Å²) in [4.78, 5) is -1.09. The van der Waals surface area contributed by atoms with Gasteiger partial charge in [-0.25, -0.2) is 0 Å². The van der Waals surface area contributed by atoms with Crippen molar-refractivity contribution in [3.05, 3.63) is 23.3 Å². The van der Waals surface area contributed by atoms with Crippen LogP contribution in [0, 0.1) is 13.8 Å². The Balaban J connectivity index is 3.72. The smallest absolute Gasteiger partial charge is 0.282 e. The van der Waals surface area contributed by atoms with Crippen molar-refractivity contribution in [1.29, 1.82) is 0 Å². The molecule has 0 amide bonds. The van der Waals surface area contributed by atoms with E-state index in [-0.39, 0.29) is 5.56 Å². The lowest BCUT2D eigenvalue weighted by Gasteiger charge is -2.08. The topological polar surface area (TPSA) is 109 Å². The number of hydrogen-bond donors (Lipinski definition) is 2. The van der Waals surface area contributed by atoms with Crippen molar-refractivity contribution >= 4 is 20.2 Å². The van der Waals surface area contributed by atoms with Crippen LogP contribution in [0.5, 0.6) is 0 Å². The van der Waals surface area contributed by atoms with Gasteiger partial charge in [0.2, 0.25) is 0 Å². The van der Waals surface area contributed by atoms with Gasteiger partial charge in [-0.2, -0.15) is 16.8 Å². The molecule has 6 nitrogen and oxygen atoms in total. The Kier molecular flexibility index (Phi) is 3.12. The van der Waals surface area contributed by atoms with Crippen molar-refractivity contribution in [2.24, 2.45) is 0 Å². The zero-order chi connectivity index (χ0) is 12.7. The van der Waals surface area contributed by atoms with Crippen LogP contribution < -0.4 is 0 Å². The SMILES string of the molecule is Cc1cc(S(=O)(=O)O)cc(S(=O)(=O)O)c1C. The van der Waals surface area contributed by atoms with Crippen LogP contribution in [0.1, 0.15) is 11.1 Å². The minimum Gasteiger partial charge on any atom is -0.282 e. The van der Waals surface area contributed by atoms with Gasteiger partial charge < -0.3 is 0 Å². The van der Waals surface area contributed by atoms with E-state index in [1.165, 1.54) is 13.8 Å². The lowest BCUT2D eigenvalue weighted by Crippen LogP contribution is -2.06. The first-order valence-electron chi connectivity index (χ1n) is 4.09. The molecule has 0 spiro atoms. The monoisotopic (exact) mass is 266 g/mol. The summed E-state index contributed by atoms with van der Waals surface area (Å²) in [5.41, 5.74) is 0.567. The van der Waals surface area contributed by atoms with Gasteiger partial charge in [-0.1, -0.05) is 0 Å². The molecule has 90 valence electrons. The van der Waals surface area contributed by atoms with E-state index in [2.05, 4.69) is 0 Å². The summed E-state index contributed by atoms with van der Waals surface area (Å²) in [6.45, 7) is 2.89.